The van der Waals surface area contributed by atoms with E-state index in [1.165, 1.54) is 32.0 Å². The van der Waals surface area contributed by atoms with Crippen molar-refractivity contribution < 1.29 is 22.4 Å². The lowest BCUT2D eigenvalue weighted by atomic mass is 10.3. The molecule has 9 heteroatoms. The fraction of sp³-hybridized carbons (Fsp3) is 0.286. The van der Waals surface area contributed by atoms with E-state index in [9.17, 15) is 22.4 Å². The van der Waals surface area contributed by atoms with E-state index < -0.39 is 24.6 Å². The number of aryl methyl sites for hydroxylation is 1. The van der Waals surface area contributed by atoms with Gasteiger partial charge < -0.3 is 10.6 Å². The second-order valence-corrected chi connectivity index (χ2v) is 4.91. The molecule has 1 aromatic heterocycles. The van der Waals surface area contributed by atoms with Gasteiger partial charge in [0.2, 0.25) is 0 Å². The Morgan fingerprint density at radius 2 is 1.96 bits per heavy atom. The number of nitrogens with zero attached hydrogens (tertiary/aromatic N) is 2. The monoisotopic (exact) mass is 330 g/mol. The van der Waals surface area contributed by atoms with Crippen LogP contribution in [-0.2, 0) is 6.54 Å². The quantitative estimate of drug-likeness (QED) is 0.840. The Labute approximate surface area is 129 Å². The minimum absolute atomic E-state index is 0.175. The molecule has 0 atom stereocenters. The average Bonchev–Trinajstić information content (AvgIpc) is 2.64. The molecule has 0 aliphatic rings. The van der Waals surface area contributed by atoms with E-state index in [1.54, 1.807) is 0 Å². The Morgan fingerprint density at radius 3 is 2.57 bits per heavy atom. The largest absolute Gasteiger partial charge is 0.408 e. The number of nitrogens with one attached hydrogen (secondary N) is 2. The zero-order chi connectivity index (χ0) is 17.2. The van der Waals surface area contributed by atoms with Crippen molar-refractivity contribution in [1.82, 2.24) is 9.78 Å². The van der Waals surface area contributed by atoms with E-state index in [2.05, 4.69) is 15.7 Å². The molecule has 2 N–H and O–H groups in total. The van der Waals surface area contributed by atoms with Gasteiger partial charge in [-0.3, -0.25) is 4.68 Å². The van der Waals surface area contributed by atoms with Crippen molar-refractivity contribution in [3.8, 4) is 0 Å². The highest BCUT2D eigenvalue weighted by Crippen LogP contribution is 2.24. The summed E-state index contributed by atoms with van der Waals surface area (Å²) in [5.74, 6) is -0.520. The first-order valence-corrected chi connectivity index (χ1v) is 6.60. The van der Waals surface area contributed by atoms with Crippen molar-refractivity contribution in [2.75, 3.05) is 10.6 Å². The second kappa shape index (κ2) is 6.27. The van der Waals surface area contributed by atoms with Crippen LogP contribution < -0.4 is 10.6 Å². The Morgan fingerprint density at radius 1 is 1.26 bits per heavy atom. The lowest BCUT2D eigenvalue weighted by Crippen LogP contribution is -2.21. The van der Waals surface area contributed by atoms with E-state index in [4.69, 9.17) is 0 Å². The molecule has 0 fully saturated rings. The van der Waals surface area contributed by atoms with Crippen molar-refractivity contribution in [3.63, 3.8) is 0 Å². The summed E-state index contributed by atoms with van der Waals surface area (Å²) >= 11 is 0. The third-order valence-corrected chi connectivity index (χ3v) is 3.03. The van der Waals surface area contributed by atoms with E-state index >= 15 is 0 Å². The first kappa shape index (κ1) is 16.8. The van der Waals surface area contributed by atoms with Crippen molar-refractivity contribution in [1.29, 1.82) is 0 Å². The van der Waals surface area contributed by atoms with Gasteiger partial charge in [0.1, 0.15) is 12.4 Å². The van der Waals surface area contributed by atoms with E-state index in [0.29, 0.717) is 0 Å². The maximum absolute atomic E-state index is 13.0. The van der Waals surface area contributed by atoms with Crippen LogP contribution in [0.5, 0.6) is 0 Å². The molecular formula is C14H14F4N4O. The highest BCUT2D eigenvalue weighted by atomic mass is 19.4. The van der Waals surface area contributed by atoms with Crippen LogP contribution in [0.1, 0.15) is 11.4 Å². The summed E-state index contributed by atoms with van der Waals surface area (Å²) in [6.07, 6.45) is -4.41. The molecule has 0 unspecified atom stereocenters. The molecule has 124 valence electrons. The van der Waals surface area contributed by atoms with Gasteiger partial charge in [0.25, 0.3) is 0 Å². The fourth-order valence-corrected chi connectivity index (χ4v) is 2.04. The number of carbonyl (C=O) groups excluding carboxylic acids is 1. The number of amides is 2. The molecule has 1 heterocycles. The van der Waals surface area contributed by atoms with E-state index in [0.717, 1.165) is 10.7 Å². The van der Waals surface area contributed by atoms with Crippen molar-refractivity contribution >= 4 is 17.4 Å². The van der Waals surface area contributed by atoms with Crippen molar-refractivity contribution in [2.24, 2.45) is 0 Å². The van der Waals surface area contributed by atoms with Crippen LogP contribution in [0.25, 0.3) is 0 Å². The van der Waals surface area contributed by atoms with Gasteiger partial charge in [-0.2, -0.15) is 18.3 Å². The van der Waals surface area contributed by atoms with Gasteiger partial charge in [0, 0.05) is 5.69 Å². The summed E-state index contributed by atoms with van der Waals surface area (Å²) in [6.45, 7) is 1.66. The minimum Gasteiger partial charge on any atom is -0.308 e. The maximum atomic E-state index is 13.0. The number of halogens is 4. The molecule has 0 saturated heterocycles. The maximum Gasteiger partial charge on any atom is 0.408 e. The molecule has 23 heavy (non-hydrogen) atoms. The fourth-order valence-electron chi connectivity index (χ4n) is 2.04. The van der Waals surface area contributed by atoms with Gasteiger partial charge in [-0.05, 0) is 32.0 Å². The summed E-state index contributed by atoms with van der Waals surface area (Å²) in [4.78, 5) is 11.9. The van der Waals surface area contributed by atoms with Crippen molar-refractivity contribution in [3.05, 3.63) is 41.5 Å². The van der Waals surface area contributed by atoms with Crippen LogP contribution in [0.2, 0.25) is 0 Å². The summed E-state index contributed by atoms with van der Waals surface area (Å²) in [5.41, 5.74) is 0.832. The second-order valence-electron chi connectivity index (χ2n) is 4.91. The highest BCUT2D eigenvalue weighted by molar-refractivity contribution is 6.00. The topological polar surface area (TPSA) is 59.0 Å². The van der Waals surface area contributed by atoms with E-state index in [-0.39, 0.29) is 22.8 Å². The molecule has 2 amide bonds. The number of urea groups is 1. The van der Waals surface area contributed by atoms with Gasteiger partial charge in [-0.15, -0.1) is 0 Å². The predicted molar refractivity (Wildman–Crippen MR) is 76.8 cm³/mol. The zero-order valence-electron chi connectivity index (χ0n) is 12.3. The summed E-state index contributed by atoms with van der Waals surface area (Å²) in [7, 11) is 0. The van der Waals surface area contributed by atoms with Crippen LogP contribution in [0.4, 0.5) is 33.7 Å². The van der Waals surface area contributed by atoms with Crippen LogP contribution in [0.15, 0.2) is 24.3 Å². The Bertz CT molecular complexity index is 724. The van der Waals surface area contributed by atoms with Crippen molar-refractivity contribution in [2.45, 2.75) is 26.6 Å². The molecule has 0 spiro atoms. The average molecular weight is 330 g/mol. The molecule has 0 saturated carbocycles. The molecule has 0 bridgehead atoms. The molecule has 0 aliphatic heterocycles. The van der Waals surface area contributed by atoms with E-state index in [1.807, 2.05) is 0 Å². The number of hydrogen-bond donors (Lipinski definition) is 2. The third kappa shape index (κ3) is 4.44. The standard InChI is InChI=1S/C14H14F4N4O/c1-8-12(9(2)22(21-8)7-14(16,17)18)20-13(23)19-11-5-3-4-10(15)6-11/h3-6H,7H2,1-2H3,(H2,19,20,23). The predicted octanol–water partition coefficient (Wildman–Crippen LogP) is 3.85. The van der Waals surface area contributed by atoms with Crippen LogP contribution in [-0.4, -0.2) is 22.0 Å². The normalized spacial score (nSPS) is 11.4. The first-order chi connectivity index (χ1) is 10.7. The number of benzene rings is 1. The number of aromatic nitrogens is 2. The lowest BCUT2D eigenvalue weighted by molar-refractivity contribution is -0.142. The molecule has 2 rings (SSSR count). The molecule has 2 aromatic rings. The van der Waals surface area contributed by atoms with Gasteiger partial charge >= 0.3 is 12.2 Å². The van der Waals surface area contributed by atoms with Crippen LogP contribution in [0.3, 0.4) is 0 Å². The number of carbonyl (C=O) groups is 1. The number of anilines is 2. The molecule has 1 aromatic carbocycles. The molecular weight excluding hydrogens is 316 g/mol. The van der Waals surface area contributed by atoms with Crippen LogP contribution in [0, 0.1) is 19.7 Å². The SMILES string of the molecule is Cc1nn(CC(F)(F)F)c(C)c1NC(=O)Nc1cccc(F)c1. The summed E-state index contributed by atoms with van der Waals surface area (Å²) in [6, 6.07) is 4.54. The number of rotatable bonds is 3. The Kier molecular flexibility index (Phi) is 4.57. The smallest absolute Gasteiger partial charge is 0.308 e. The van der Waals surface area contributed by atoms with Gasteiger partial charge in [-0.1, -0.05) is 6.07 Å². The Hall–Kier alpha value is -2.58. The van der Waals surface area contributed by atoms with Gasteiger partial charge in [-0.25, -0.2) is 9.18 Å². The van der Waals surface area contributed by atoms with Gasteiger partial charge in [0.05, 0.1) is 17.1 Å². The number of hydrogen-bond acceptors (Lipinski definition) is 2. The lowest BCUT2D eigenvalue weighted by Gasteiger charge is -2.10. The highest BCUT2D eigenvalue weighted by Gasteiger charge is 2.30. The zero-order valence-corrected chi connectivity index (χ0v) is 12.3. The molecule has 0 aliphatic carbocycles. The van der Waals surface area contributed by atoms with Gasteiger partial charge in [0.15, 0.2) is 0 Å². The van der Waals surface area contributed by atoms with Crippen LogP contribution >= 0.6 is 0 Å². The third-order valence-electron chi connectivity index (χ3n) is 3.03. The molecule has 0 radical (unpaired) electrons. The summed E-state index contributed by atoms with van der Waals surface area (Å²) in [5, 5.41) is 8.59. The number of alkyl halides is 3. The molecule has 5 nitrogen and oxygen atoms in total. The summed E-state index contributed by atoms with van der Waals surface area (Å²) < 4.78 is 51.2. The first-order valence-electron chi connectivity index (χ1n) is 6.60. The minimum atomic E-state index is -4.41. The Balaban J connectivity index is 2.12.